The lowest BCUT2D eigenvalue weighted by atomic mass is 9.89. The third-order valence-corrected chi connectivity index (χ3v) is 4.99. The molecule has 1 atom stereocenters. The fourth-order valence-corrected chi connectivity index (χ4v) is 3.70. The Morgan fingerprint density at radius 2 is 2.11 bits per heavy atom. The molecule has 27 heavy (non-hydrogen) atoms. The van der Waals surface area contributed by atoms with Crippen molar-refractivity contribution in [3.63, 3.8) is 0 Å². The van der Waals surface area contributed by atoms with Gasteiger partial charge in [0.25, 0.3) is 0 Å². The second-order valence-electron chi connectivity index (χ2n) is 7.17. The van der Waals surface area contributed by atoms with Crippen molar-refractivity contribution in [2.45, 2.75) is 45.1 Å². The third kappa shape index (κ3) is 4.72. The lowest BCUT2D eigenvalue weighted by molar-refractivity contribution is -0.132. The quantitative estimate of drug-likeness (QED) is 0.847. The van der Waals surface area contributed by atoms with E-state index in [-0.39, 0.29) is 29.6 Å². The number of piperidine rings is 1. The summed E-state index contributed by atoms with van der Waals surface area (Å²) < 4.78 is 13.6. The summed E-state index contributed by atoms with van der Waals surface area (Å²) in [7, 11) is 0. The zero-order chi connectivity index (χ0) is 19.4. The molecule has 3 rings (SSSR count). The number of aromatic nitrogens is 2. The minimum Gasteiger partial charge on any atom is -0.353 e. The predicted octanol–water partition coefficient (Wildman–Crippen LogP) is 2.84. The van der Waals surface area contributed by atoms with Gasteiger partial charge in [0.2, 0.25) is 11.8 Å². The first-order valence-electron chi connectivity index (χ1n) is 9.28. The molecule has 1 aliphatic rings. The van der Waals surface area contributed by atoms with Crippen LogP contribution in [0.3, 0.4) is 0 Å². The minimum absolute atomic E-state index is 0.0599. The zero-order valence-electron chi connectivity index (χ0n) is 15.7. The van der Waals surface area contributed by atoms with Crippen LogP contribution < -0.4 is 5.32 Å². The maximum Gasteiger partial charge on any atom is 0.224 e. The zero-order valence-corrected chi connectivity index (χ0v) is 15.7. The van der Waals surface area contributed by atoms with Crippen LogP contribution in [0.2, 0.25) is 0 Å². The maximum atomic E-state index is 13.6. The molecule has 2 heterocycles. The highest BCUT2D eigenvalue weighted by atomic mass is 19.1. The van der Waals surface area contributed by atoms with Gasteiger partial charge < -0.3 is 10.2 Å². The number of nitrogens with one attached hydrogen (secondary N) is 2. The number of aromatic amines is 1. The Morgan fingerprint density at radius 3 is 2.78 bits per heavy atom. The van der Waals surface area contributed by atoms with Gasteiger partial charge in [-0.05, 0) is 37.5 Å². The molecule has 1 aromatic heterocycles. The number of H-pyrrole nitrogens is 1. The van der Waals surface area contributed by atoms with E-state index in [2.05, 4.69) is 15.5 Å². The summed E-state index contributed by atoms with van der Waals surface area (Å²) in [6, 6.07) is 6.34. The normalized spacial score (nSPS) is 16.2. The molecule has 2 N–H and O–H groups in total. The van der Waals surface area contributed by atoms with Crippen molar-refractivity contribution in [1.29, 1.82) is 0 Å². The number of halogens is 1. The highest BCUT2D eigenvalue weighted by molar-refractivity contribution is 5.79. The molecule has 1 saturated heterocycles. The van der Waals surface area contributed by atoms with Crippen molar-refractivity contribution in [3.05, 3.63) is 42.0 Å². The summed E-state index contributed by atoms with van der Waals surface area (Å²) in [5.74, 6) is -0.0845. The van der Waals surface area contributed by atoms with Gasteiger partial charge in [-0.1, -0.05) is 12.1 Å². The molecule has 0 saturated carbocycles. The fourth-order valence-electron chi connectivity index (χ4n) is 3.70. The first kappa shape index (κ1) is 19.1. The average Bonchev–Trinajstić information content (AvgIpc) is 3.11. The Hall–Kier alpha value is -2.70. The summed E-state index contributed by atoms with van der Waals surface area (Å²) in [6.07, 6.45) is 3.69. The van der Waals surface area contributed by atoms with Crippen LogP contribution in [0.5, 0.6) is 0 Å². The Labute approximate surface area is 158 Å². The predicted molar refractivity (Wildman–Crippen MR) is 100 cm³/mol. The van der Waals surface area contributed by atoms with Gasteiger partial charge in [0.1, 0.15) is 5.82 Å². The number of hydrogen-bond donors (Lipinski definition) is 2. The number of rotatable bonds is 5. The van der Waals surface area contributed by atoms with Gasteiger partial charge in [0, 0.05) is 49.7 Å². The number of benzene rings is 1. The number of nitrogens with zero attached hydrogens (tertiary/aromatic N) is 2. The number of amides is 2. The number of carbonyl (C=O) groups is 2. The molecule has 0 aliphatic carbocycles. The lowest BCUT2D eigenvalue weighted by Crippen LogP contribution is -2.42. The van der Waals surface area contributed by atoms with Crippen LogP contribution in [0.25, 0.3) is 11.1 Å². The molecular weight excluding hydrogens is 347 g/mol. The van der Waals surface area contributed by atoms with Gasteiger partial charge >= 0.3 is 0 Å². The van der Waals surface area contributed by atoms with Crippen LogP contribution in [0.1, 0.15) is 44.7 Å². The number of likely N-dealkylation sites (tertiary alicyclic amines) is 1. The van der Waals surface area contributed by atoms with E-state index >= 15 is 0 Å². The molecule has 2 aromatic rings. The molecule has 2 amide bonds. The van der Waals surface area contributed by atoms with Gasteiger partial charge in [-0.15, -0.1) is 0 Å². The van der Waals surface area contributed by atoms with E-state index in [1.54, 1.807) is 12.3 Å². The summed E-state index contributed by atoms with van der Waals surface area (Å²) in [5.41, 5.74) is 2.72. The van der Waals surface area contributed by atoms with Crippen LogP contribution >= 0.6 is 0 Å². The maximum absolute atomic E-state index is 13.6. The molecule has 1 fully saturated rings. The smallest absolute Gasteiger partial charge is 0.224 e. The first-order chi connectivity index (χ1) is 12.9. The van der Waals surface area contributed by atoms with Gasteiger partial charge in [0.05, 0.1) is 6.20 Å². The molecule has 1 aliphatic heterocycles. The number of hydrogen-bond acceptors (Lipinski definition) is 3. The molecule has 1 unspecified atom stereocenters. The number of carbonyl (C=O) groups excluding carboxylic acids is 2. The van der Waals surface area contributed by atoms with Crippen LogP contribution in [0.4, 0.5) is 4.39 Å². The van der Waals surface area contributed by atoms with Crippen molar-refractivity contribution in [2.24, 2.45) is 0 Å². The third-order valence-electron chi connectivity index (χ3n) is 4.99. The Kier molecular flexibility index (Phi) is 5.88. The topological polar surface area (TPSA) is 78.1 Å². The second-order valence-corrected chi connectivity index (χ2v) is 7.17. The van der Waals surface area contributed by atoms with Crippen LogP contribution in [0.15, 0.2) is 30.5 Å². The lowest BCUT2D eigenvalue weighted by Gasteiger charge is -2.32. The summed E-state index contributed by atoms with van der Waals surface area (Å²) in [4.78, 5) is 25.4. The van der Waals surface area contributed by atoms with Crippen LogP contribution in [0, 0.1) is 5.82 Å². The molecular formula is C20H25FN4O2. The molecule has 0 spiro atoms. The van der Waals surface area contributed by atoms with E-state index in [9.17, 15) is 14.0 Å². The summed E-state index contributed by atoms with van der Waals surface area (Å²) in [6.45, 7) is 4.62. The molecule has 0 bridgehead atoms. The molecule has 0 radical (unpaired) electrons. The standard InChI is InChI=1S/C20H25FN4O2/c1-13(23-14(2)26)10-19(27)25-8-6-15(7-9-25)20-18(12-22-24-20)16-4-3-5-17(21)11-16/h3-5,11-13,15H,6-10H2,1-2H3,(H,22,24)(H,23,26). The second kappa shape index (κ2) is 8.33. The Bertz CT molecular complexity index is 812. The SMILES string of the molecule is CC(=O)NC(C)CC(=O)N1CCC(c2[nH]ncc2-c2cccc(F)c2)CC1. The first-order valence-corrected chi connectivity index (χ1v) is 9.28. The van der Waals surface area contributed by atoms with Crippen molar-refractivity contribution < 1.29 is 14.0 Å². The van der Waals surface area contributed by atoms with Crippen molar-refractivity contribution in [2.75, 3.05) is 13.1 Å². The van der Waals surface area contributed by atoms with E-state index in [1.165, 1.54) is 19.1 Å². The highest BCUT2D eigenvalue weighted by Gasteiger charge is 2.27. The van der Waals surface area contributed by atoms with E-state index in [4.69, 9.17) is 0 Å². The van der Waals surface area contributed by atoms with Gasteiger partial charge in [-0.3, -0.25) is 14.7 Å². The Morgan fingerprint density at radius 1 is 1.37 bits per heavy atom. The van der Waals surface area contributed by atoms with Crippen LogP contribution in [-0.2, 0) is 9.59 Å². The van der Waals surface area contributed by atoms with E-state index in [1.807, 2.05) is 17.9 Å². The monoisotopic (exact) mass is 372 g/mol. The molecule has 7 heteroatoms. The van der Waals surface area contributed by atoms with Crippen LogP contribution in [-0.4, -0.2) is 46.0 Å². The summed E-state index contributed by atoms with van der Waals surface area (Å²) in [5, 5.41) is 9.97. The molecule has 1 aromatic carbocycles. The van der Waals surface area contributed by atoms with Gasteiger partial charge in [0.15, 0.2) is 0 Å². The van der Waals surface area contributed by atoms with Crippen molar-refractivity contribution >= 4 is 11.8 Å². The van der Waals surface area contributed by atoms with E-state index in [0.29, 0.717) is 19.5 Å². The van der Waals surface area contributed by atoms with Crippen molar-refractivity contribution in [3.8, 4) is 11.1 Å². The van der Waals surface area contributed by atoms with Gasteiger partial charge in [-0.2, -0.15) is 5.10 Å². The summed E-state index contributed by atoms with van der Waals surface area (Å²) >= 11 is 0. The minimum atomic E-state index is -0.270. The van der Waals surface area contributed by atoms with Crippen molar-refractivity contribution in [1.82, 2.24) is 20.4 Å². The van der Waals surface area contributed by atoms with Gasteiger partial charge in [-0.25, -0.2) is 4.39 Å². The molecule has 6 nitrogen and oxygen atoms in total. The average molecular weight is 372 g/mol. The molecule has 144 valence electrons. The Balaban J connectivity index is 1.61. The largest absolute Gasteiger partial charge is 0.353 e. The van der Waals surface area contributed by atoms with E-state index in [0.717, 1.165) is 29.7 Å². The van der Waals surface area contributed by atoms with E-state index < -0.39 is 0 Å². The fraction of sp³-hybridized carbons (Fsp3) is 0.450. The highest BCUT2D eigenvalue weighted by Crippen LogP contribution is 2.34.